The number of hydrogen-bond donors (Lipinski definition) is 1. The van der Waals surface area contributed by atoms with Crippen LogP contribution in [0.2, 0.25) is 5.02 Å². The van der Waals surface area contributed by atoms with Crippen LogP contribution in [0.3, 0.4) is 0 Å². The molecular weight excluding hydrogens is 330 g/mol. The van der Waals surface area contributed by atoms with Gasteiger partial charge in [0, 0.05) is 10.6 Å². The molecule has 0 aliphatic heterocycles. The fraction of sp³-hybridized carbons (Fsp3) is 0.118. The van der Waals surface area contributed by atoms with Crippen LogP contribution in [0, 0.1) is 0 Å². The van der Waals surface area contributed by atoms with Gasteiger partial charge in [0.1, 0.15) is 5.75 Å². The van der Waals surface area contributed by atoms with Crippen molar-refractivity contribution in [2.24, 2.45) is 0 Å². The molecule has 0 bridgehead atoms. The van der Waals surface area contributed by atoms with Crippen LogP contribution in [0.25, 0.3) is 0 Å². The second-order valence-electron chi connectivity index (χ2n) is 4.99. The zero-order valence-electron chi connectivity index (χ0n) is 12.8. The first-order valence-corrected chi connectivity index (χ1v) is 7.54. The number of amides is 1. The van der Waals surface area contributed by atoms with Crippen LogP contribution in [0.5, 0.6) is 5.75 Å². The Morgan fingerprint density at radius 2 is 2.00 bits per heavy atom. The minimum Gasteiger partial charge on any atom is -0.497 e. The molecule has 0 saturated carbocycles. The summed E-state index contributed by atoms with van der Waals surface area (Å²) in [4.78, 5) is 12.1. The lowest BCUT2D eigenvalue weighted by molar-refractivity contribution is 0.102. The smallest absolute Gasteiger partial charge is 0.322 e. The van der Waals surface area contributed by atoms with Gasteiger partial charge in [-0.2, -0.15) is 0 Å². The van der Waals surface area contributed by atoms with E-state index in [1.54, 1.807) is 31.4 Å². The molecule has 0 saturated heterocycles. The molecule has 0 atom stereocenters. The molecule has 7 heteroatoms. The highest BCUT2D eigenvalue weighted by atomic mass is 35.5. The number of aromatic nitrogens is 2. The molecule has 0 fully saturated rings. The van der Waals surface area contributed by atoms with E-state index in [9.17, 15) is 4.79 Å². The Kier molecular flexibility index (Phi) is 4.77. The second kappa shape index (κ2) is 7.14. The third-order valence-corrected chi connectivity index (χ3v) is 3.52. The van der Waals surface area contributed by atoms with E-state index in [2.05, 4.69) is 15.5 Å². The molecule has 0 unspecified atom stereocenters. The molecule has 0 aliphatic carbocycles. The third-order valence-electron chi connectivity index (χ3n) is 3.29. The Hall–Kier alpha value is -2.86. The minimum atomic E-state index is -0.364. The van der Waals surface area contributed by atoms with Crippen molar-refractivity contribution in [1.29, 1.82) is 0 Å². The summed E-state index contributed by atoms with van der Waals surface area (Å²) >= 11 is 5.87. The number of methoxy groups -OCH3 is 1. The quantitative estimate of drug-likeness (QED) is 0.766. The number of carbonyl (C=O) groups is 1. The Labute approximate surface area is 143 Å². The number of hydrogen-bond acceptors (Lipinski definition) is 5. The lowest BCUT2D eigenvalue weighted by Crippen LogP contribution is -2.11. The molecule has 0 aliphatic rings. The number of nitrogens with zero attached hydrogens (tertiary/aromatic N) is 2. The highest BCUT2D eigenvalue weighted by Crippen LogP contribution is 2.16. The predicted molar refractivity (Wildman–Crippen MR) is 89.5 cm³/mol. The number of halogens is 1. The summed E-state index contributed by atoms with van der Waals surface area (Å²) in [5.74, 6) is 0.817. The Balaban J connectivity index is 1.65. The Bertz CT molecular complexity index is 846. The first-order valence-electron chi connectivity index (χ1n) is 7.16. The molecule has 2 aromatic carbocycles. The average Bonchev–Trinajstić information content (AvgIpc) is 3.02. The van der Waals surface area contributed by atoms with Gasteiger partial charge in [0.15, 0.2) is 0 Å². The van der Waals surface area contributed by atoms with Crippen LogP contribution in [0.15, 0.2) is 52.9 Å². The highest BCUT2D eigenvalue weighted by Gasteiger charge is 2.12. The maximum atomic E-state index is 12.1. The van der Waals surface area contributed by atoms with Crippen molar-refractivity contribution >= 4 is 23.5 Å². The number of rotatable bonds is 5. The maximum Gasteiger partial charge on any atom is 0.322 e. The summed E-state index contributed by atoms with van der Waals surface area (Å²) in [6.07, 6.45) is 0.462. The largest absolute Gasteiger partial charge is 0.497 e. The number of nitrogens with one attached hydrogen (secondary N) is 1. The fourth-order valence-corrected chi connectivity index (χ4v) is 2.28. The lowest BCUT2D eigenvalue weighted by atomic mass is 10.1. The SMILES string of the molecule is COc1ccc(Cc2nnc(NC(=O)c3cccc(Cl)c3)o2)cc1. The van der Waals surface area contributed by atoms with Crippen LogP contribution >= 0.6 is 11.6 Å². The molecule has 1 N–H and O–H groups in total. The summed E-state index contributed by atoms with van der Waals surface area (Å²) in [6, 6.07) is 14.2. The van der Waals surface area contributed by atoms with Crippen LogP contribution in [-0.2, 0) is 6.42 Å². The second-order valence-corrected chi connectivity index (χ2v) is 5.43. The van der Waals surface area contributed by atoms with Crippen molar-refractivity contribution in [1.82, 2.24) is 10.2 Å². The van der Waals surface area contributed by atoms with E-state index in [-0.39, 0.29) is 11.9 Å². The topological polar surface area (TPSA) is 77.3 Å². The average molecular weight is 344 g/mol. The Morgan fingerprint density at radius 1 is 1.21 bits per heavy atom. The van der Waals surface area contributed by atoms with Gasteiger partial charge in [-0.3, -0.25) is 10.1 Å². The summed E-state index contributed by atoms with van der Waals surface area (Å²) in [5.41, 5.74) is 1.41. The van der Waals surface area contributed by atoms with Gasteiger partial charge in [-0.05, 0) is 35.9 Å². The number of benzene rings is 2. The first-order chi connectivity index (χ1) is 11.6. The molecule has 122 valence electrons. The highest BCUT2D eigenvalue weighted by molar-refractivity contribution is 6.31. The van der Waals surface area contributed by atoms with Crippen LogP contribution in [0.4, 0.5) is 6.01 Å². The first kappa shape index (κ1) is 16.0. The van der Waals surface area contributed by atoms with Crippen molar-refractivity contribution in [3.05, 3.63) is 70.6 Å². The van der Waals surface area contributed by atoms with Crippen LogP contribution in [-0.4, -0.2) is 23.2 Å². The molecule has 1 amide bonds. The van der Waals surface area contributed by atoms with E-state index >= 15 is 0 Å². The molecule has 6 nitrogen and oxygen atoms in total. The van der Waals surface area contributed by atoms with Crippen molar-refractivity contribution in [3.8, 4) is 5.75 Å². The standard InChI is InChI=1S/C17H14ClN3O3/c1-23-14-7-5-11(6-8-14)9-15-20-21-17(24-15)19-16(22)12-3-2-4-13(18)10-12/h2-8,10H,9H2,1H3,(H,19,21,22). The molecule has 0 spiro atoms. The van der Waals surface area contributed by atoms with E-state index in [0.717, 1.165) is 11.3 Å². The molecule has 0 radical (unpaired) electrons. The predicted octanol–water partition coefficient (Wildman–Crippen LogP) is 3.57. The van der Waals surface area contributed by atoms with Crippen molar-refractivity contribution in [2.45, 2.75) is 6.42 Å². The zero-order valence-corrected chi connectivity index (χ0v) is 13.6. The number of anilines is 1. The van der Waals surface area contributed by atoms with E-state index < -0.39 is 0 Å². The van der Waals surface area contributed by atoms with Gasteiger partial charge >= 0.3 is 6.01 Å². The molecule has 1 aromatic heterocycles. The van der Waals surface area contributed by atoms with E-state index in [1.165, 1.54) is 0 Å². The monoisotopic (exact) mass is 343 g/mol. The molecule has 3 aromatic rings. The number of ether oxygens (including phenoxy) is 1. The molecule has 1 heterocycles. The van der Waals surface area contributed by atoms with Gasteiger partial charge in [0.2, 0.25) is 5.89 Å². The third kappa shape index (κ3) is 3.91. The van der Waals surface area contributed by atoms with Gasteiger partial charge in [0.05, 0.1) is 13.5 Å². The summed E-state index contributed by atoms with van der Waals surface area (Å²) in [6.45, 7) is 0. The number of carbonyl (C=O) groups excluding carboxylic acids is 1. The Morgan fingerprint density at radius 3 is 2.71 bits per heavy atom. The molecule has 3 rings (SSSR count). The minimum absolute atomic E-state index is 0.0449. The van der Waals surface area contributed by atoms with Crippen molar-refractivity contribution < 1.29 is 13.9 Å². The van der Waals surface area contributed by atoms with E-state index in [1.807, 2.05) is 24.3 Å². The lowest BCUT2D eigenvalue weighted by Gasteiger charge is -2.01. The molecular formula is C17H14ClN3O3. The molecule has 24 heavy (non-hydrogen) atoms. The van der Waals surface area contributed by atoms with Crippen LogP contribution < -0.4 is 10.1 Å². The maximum absolute atomic E-state index is 12.1. The van der Waals surface area contributed by atoms with Gasteiger partial charge in [-0.15, -0.1) is 5.10 Å². The summed E-state index contributed by atoms with van der Waals surface area (Å²) < 4.78 is 10.6. The van der Waals surface area contributed by atoms with E-state index in [4.69, 9.17) is 20.8 Å². The van der Waals surface area contributed by atoms with Gasteiger partial charge < -0.3 is 9.15 Å². The van der Waals surface area contributed by atoms with Crippen molar-refractivity contribution in [2.75, 3.05) is 12.4 Å². The fourth-order valence-electron chi connectivity index (χ4n) is 2.09. The van der Waals surface area contributed by atoms with Gasteiger partial charge in [-0.1, -0.05) is 34.9 Å². The van der Waals surface area contributed by atoms with Gasteiger partial charge in [-0.25, -0.2) is 0 Å². The van der Waals surface area contributed by atoms with Crippen molar-refractivity contribution in [3.63, 3.8) is 0 Å². The van der Waals surface area contributed by atoms with Crippen LogP contribution in [0.1, 0.15) is 21.8 Å². The van der Waals surface area contributed by atoms with E-state index in [0.29, 0.717) is 22.9 Å². The summed E-state index contributed by atoms with van der Waals surface area (Å²) in [7, 11) is 1.61. The zero-order chi connectivity index (χ0) is 16.9. The normalized spacial score (nSPS) is 10.4. The van der Waals surface area contributed by atoms with Gasteiger partial charge in [0.25, 0.3) is 5.91 Å². The summed E-state index contributed by atoms with van der Waals surface area (Å²) in [5, 5.41) is 10.8.